The highest BCUT2D eigenvalue weighted by Crippen LogP contribution is 2.21. The molecule has 1 aromatic heterocycles. The van der Waals surface area contributed by atoms with Crippen LogP contribution in [0.25, 0.3) is 5.69 Å². The molecule has 0 saturated carbocycles. The topological polar surface area (TPSA) is 98.7 Å². The van der Waals surface area contributed by atoms with E-state index >= 15 is 0 Å². The number of nitrogens with one attached hydrogen (secondary N) is 1. The van der Waals surface area contributed by atoms with E-state index < -0.39 is 6.04 Å². The van der Waals surface area contributed by atoms with Crippen molar-refractivity contribution < 1.29 is 4.79 Å². The molecule has 0 unspecified atom stereocenters. The molecule has 1 atom stereocenters. The molecule has 0 aliphatic heterocycles. The SMILES string of the molecule is Cc1cc(NC(=O)[C@H](N)C(C)(C)C)ccc1-n1cnnn1. The Hall–Kier alpha value is -2.28. The summed E-state index contributed by atoms with van der Waals surface area (Å²) in [7, 11) is 0. The fourth-order valence-electron chi connectivity index (χ4n) is 1.88. The van der Waals surface area contributed by atoms with Crippen LogP contribution >= 0.6 is 0 Å². The lowest BCUT2D eigenvalue weighted by molar-refractivity contribution is -0.119. The van der Waals surface area contributed by atoms with Gasteiger partial charge in [-0.25, -0.2) is 4.68 Å². The first-order valence-electron chi connectivity index (χ1n) is 6.69. The number of nitrogens with zero attached hydrogens (tertiary/aromatic N) is 4. The minimum absolute atomic E-state index is 0.197. The highest BCUT2D eigenvalue weighted by molar-refractivity contribution is 5.95. The molecule has 0 aliphatic rings. The predicted octanol–water partition coefficient (Wildman–Crippen LogP) is 1.28. The lowest BCUT2D eigenvalue weighted by Crippen LogP contribution is -2.45. The molecule has 0 radical (unpaired) electrons. The number of hydrogen-bond acceptors (Lipinski definition) is 5. The van der Waals surface area contributed by atoms with E-state index in [1.807, 2.05) is 39.8 Å². The number of aryl methyl sites for hydroxylation is 1. The van der Waals surface area contributed by atoms with Crippen molar-refractivity contribution >= 4 is 11.6 Å². The van der Waals surface area contributed by atoms with Crippen LogP contribution in [0.1, 0.15) is 26.3 Å². The molecule has 1 aromatic carbocycles. The van der Waals surface area contributed by atoms with Crippen molar-refractivity contribution in [3.05, 3.63) is 30.1 Å². The van der Waals surface area contributed by atoms with Gasteiger partial charge in [-0.05, 0) is 46.5 Å². The van der Waals surface area contributed by atoms with Gasteiger partial charge in [0.1, 0.15) is 6.33 Å². The van der Waals surface area contributed by atoms with Gasteiger partial charge in [0.25, 0.3) is 0 Å². The Morgan fingerprint density at radius 2 is 2.10 bits per heavy atom. The molecule has 0 bridgehead atoms. The van der Waals surface area contributed by atoms with Gasteiger partial charge < -0.3 is 11.1 Å². The van der Waals surface area contributed by atoms with Crippen LogP contribution in [0, 0.1) is 12.3 Å². The largest absolute Gasteiger partial charge is 0.325 e. The second kappa shape index (κ2) is 5.61. The van der Waals surface area contributed by atoms with Crippen LogP contribution in [0.2, 0.25) is 0 Å². The zero-order valence-electron chi connectivity index (χ0n) is 12.7. The average molecular weight is 288 g/mol. The van der Waals surface area contributed by atoms with Gasteiger partial charge in [0.15, 0.2) is 0 Å². The smallest absolute Gasteiger partial charge is 0.241 e. The zero-order valence-corrected chi connectivity index (χ0v) is 12.7. The second-order valence-electron chi connectivity index (χ2n) is 6.09. The number of carbonyl (C=O) groups is 1. The molecule has 1 amide bonds. The van der Waals surface area contributed by atoms with E-state index in [-0.39, 0.29) is 11.3 Å². The Bertz CT molecular complexity index is 629. The van der Waals surface area contributed by atoms with Crippen LogP contribution < -0.4 is 11.1 Å². The number of benzene rings is 1. The van der Waals surface area contributed by atoms with Gasteiger partial charge in [-0.3, -0.25) is 4.79 Å². The molecule has 2 rings (SSSR count). The third-order valence-corrected chi connectivity index (χ3v) is 3.28. The standard InChI is InChI=1S/C14H20N6O/c1-9-7-10(17-13(21)12(15)14(2,3)4)5-6-11(9)20-8-16-18-19-20/h5-8,12H,15H2,1-4H3,(H,17,21)/t12-/m0/s1. The molecule has 1 heterocycles. The summed E-state index contributed by atoms with van der Waals surface area (Å²) in [5.74, 6) is -0.197. The Morgan fingerprint density at radius 1 is 1.38 bits per heavy atom. The van der Waals surface area contributed by atoms with Gasteiger partial charge >= 0.3 is 0 Å². The molecule has 21 heavy (non-hydrogen) atoms. The fourth-order valence-corrected chi connectivity index (χ4v) is 1.88. The molecular weight excluding hydrogens is 268 g/mol. The molecule has 3 N–H and O–H groups in total. The summed E-state index contributed by atoms with van der Waals surface area (Å²) < 4.78 is 1.57. The quantitative estimate of drug-likeness (QED) is 0.886. The van der Waals surface area contributed by atoms with Crippen LogP contribution in [0.3, 0.4) is 0 Å². The number of amides is 1. The number of rotatable bonds is 3. The summed E-state index contributed by atoms with van der Waals surface area (Å²) in [5, 5.41) is 13.9. The highest BCUT2D eigenvalue weighted by atomic mass is 16.2. The van der Waals surface area contributed by atoms with Gasteiger partial charge in [0, 0.05) is 5.69 Å². The van der Waals surface area contributed by atoms with Gasteiger partial charge in [0.2, 0.25) is 5.91 Å². The lowest BCUT2D eigenvalue weighted by Gasteiger charge is -2.25. The van der Waals surface area contributed by atoms with Crippen molar-refractivity contribution in [2.75, 3.05) is 5.32 Å². The first kappa shape index (κ1) is 15.1. The van der Waals surface area contributed by atoms with E-state index in [9.17, 15) is 4.79 Å². The number of carbonyl (C=O) groups excluding carboxylic acids is 1. The Balaban J connectivity index is 2.16. The van der Waals surface area contributed by atoms with E-state index in [0.29, 0.717) is 5.69 Å². The molecule has 7 nitrogen and oxygen atoms in total. The monoisotopic (exact) mass is 288 g/mol. The van der Waals surface area contributed by atoms with Gasteiger partial charge in [-0.15, -0.1) is 5.10 Å². The average Bonchev–Trinajstić information content (AvgIpc) is 2.90. The van der Waals surface area contributed by atoms with Crippen LogP contribution in [0.15, 0.2) is 24.5 Å². The maximum Gasteiger partial charge on any atom is 0.241 e. The molecule has 112 valence electrons. The van der Waals surface area contributed by atoms with E-state index in [0.717, 1.165) is 11.3 Å². The summed E-state index contributed by atoms with van der Waals surface area (Å²) in [6.07, 6.45) is 1.52. The number of anilines is 1. The minimum Gasteiger partial charge on any atom is -0.325 e. The van der Waals surface area contributed by atoms with Crippen LogP contribution in [-0.4, -0.2) is 32.2 Å². The normalized spacial score (nSPS) is 13.0. The van der Waals surface area contributed by atoms with Crippen molar-refractivity contribution in [3.63, 3.8) is 0 Å². The number of tetrazole rings is 1. The lowest BCUT2D eigenvalue weighted by atomic mass is 9.87. The third kappa shape index (κ3) is 3.43. The number of aromatic nitrogens is 4. The van der Waals surface area contributed by atoms with Crippen LogP contribution in [0.5, 0.6) is 0 Å². The predicted molar refractivity (Wildman–Crippen MR) is 80.0 cm³/mol. The van der Waals surface area contributed by atoms with Crippen molar-refractivity contribution in [2.24, 2.45) is 11.1 Å². The maximum absolute atomic E-state index is 12.1. The minimum atomic E-state index is -0.572. The van der Waals surface area contributed by atoms with Crippen molar-refractivity contribution in [1.29, 1.82) is 0 Å². The van der Waals surface area contributed by atoms with Gasteiger partial charge in [-0.2, -0.15) is 0 Å². The molecule has 0 aliphatic carbocycles. The van der Waals surface area contributed by atoms with Crippen LogP contribution in [0.4, 0.5) is 5.69 Å². The second-order valence-corrected chi connectivity index (χ2v) is 6.09. The first-order chi connectivity index (χ1) is 9.79. The van der Waals surface area contributed by atoms with E-state index in [4.69, 9.17) is 5.73 Å². The summed E-state index contributed by atoms with van der Waals surface area (Å²) in [6, 6.07) is 4.95. The number of hydrogen-bond donors (Lipinski definition) is 2. The van der Waals surface area contributed by atoms with Crippen molar-refractivity contribution in [1.82, 2.24) is 20.2 Å². The van der Waals surface area contributed by atoms with Gasteiger partial charge in [-0.1, -0.05) is 20.8 Å². The first-order valence-corrected chi connectivity index (χ1v) is 6.69. The van der Waals surface area contributed by atoms with Crippen molar-refractivity contribution in [2.45, 2.75) is 33.7 Å². The Labute approximate surface area is 123 Å². The summed E-state index contributed by atoms with van der Waals surface area (Å²) in [4.78, 5) is 12.1. The van der Waals surface area contributed by atoms with Crippen molar-refractivity contribution in [3.8, 4) is 5.69 Å². The van der Waals surface area contributed by atoms with Gasteiger partial charge in [0.05, 0.1) is 11.7 Å². The molecule has 2 aromatic rings. The van der Waals surface area contributed by atoms with E-state index in [2.05, 4.69) is 20.8 Å². The maximum atomic E-state index is 12.1. The Kier molecular flexibility index (Phi) is 4.04. The molecule has 0 saturated heterocycles. The van der Waals surface area contributed by atoms with E-state index in [1.165, 1.54) is 6.33 Å². The molecule has 0 fully saturated rings. The molecule has 0 spiro atoms. The summed E-state index contributed by atoms with van der Waals surface area (Å²) >= 11 is 0. The summed E-state index contributed by atoms with van der Waals surface area (Å²) in [5.41, 5.74) is 8.17. The highest BCUT2D eigenvalue weighted by Gasteiger charge is 2.27. The summed E-state index contributed by atoms with van der Waals surface area (Å²) in [6.45, 7) is 7.73. The number of nitrogens with two attached hydrogens (primary N) is 1. The Morgan fingerprint density at radius 3 is 2.62 bits per heavy atom. The third-order valence-electron chi connectivity index (χ3n) is 3.28. The van der Waals surface area contributed by atoms with Crippen LogP contribution in [-0.2, 0) is 4.79 Å². The van der Waals surface area contributed by atoms with E-state index in [1.54, 1.807) is 10.7 Å². The molecule has 7 heteroatoms. The fraction of sp³-hybridized carbons (Fsp3) is 0.429. The molecular formula is C14H20N6O. The zero-order chi connectivity index (χ0) is 15.6.